The van der Waals surface area contributed by atoms with Gasteiger partial charge in [-0.2, -0.15) is 0 Å². The molecule has 0 saturated heterocycles. The zero-order chi connectivity index (χ0) is 15.1. The Balaban J connectivity index is 2.16. The van der Waals surface area contributed by atoms with Crippen LogP contribution in [0.4, 0.5) is 5.82 Å². The van der Waals surface area contributed by atoms with E-state index in [4.69, 9.17) is 10.5 Å². The third-order valence-electron chi connectivity index (χ3n) is 3.74. The van der Waals surface area contributed by atoms with Crippen LogP contribution in [0.1, 0.15) is 0 Å². The molecule has 108 valence electrons. The Hall–Kier alpha value is -3.08. The van der Waals surface area contributed by atoms with Crippen molar-refractivity contribution in [3.05, 3.63) is 54.7 Å². The van der Waals surface area contributed by atoms with Crippen molar-refractivity contribution >= 4 is 22.5 Å². The summed E-state index contributed by atoms with van der Waals surface area (Å²) in [6.07, 6.45) is 1.80. The second-order valence-corrected chi connectivity index (χ2v) is 4.99. The van der Waals surface area contributed by atoms with Crippen molar-refractivity contribution in [2.75, 3.05) is 12.8 Å². The summed E-state index contributed by atoms with van der Waals surface area (Å²) >= 11 is 0. The second kappa shape index (κ2) is 4.73. The number of methoxy groups -OCH3 is 1. The summed E-state index contributed by atoms with van der Waals surface area (Å²) in [6.45, 7) is 0. The molecule has 4 rings (SSSR count). The van der Waals surface area contributed by atoms with E-state index in [-0.39, 0.29) is 0 Å². The number of hydrogen-bond donors (Lipinski definition) is 1. The second-order valence-electron chi connectivity index (χ2n) is 4.99. The molecule has 0 spiro atoms. The van der Waals surface area contributed by atoms with E-state index in [1.807, 2.05) is 52.9 Å². The number of hydrogen-bond acceptors (Lipinski definition) is 4. The Morgan fingerprint density at radius 1 is 1.05 bits per heavy atom. The van der Waals surface area contributed by atoms with E-state index in [2.05, 4.69) is 9.97 Å². The van der Waals surface area contributed by atoms with Crippen molar-refractivity contribution in [3.63, 3.8) is 0 Å². The van der Waals surface area contributed by atoms with Crippen molar-refractivity contribution in [2.24, 2.45) is 0 Å². The number of fused-ring (bicyclic) bond motifs is 3. The van der Waals surface area contributed by atoms with Crippen molar-refractivity contribution in [1.29, 1.82) is 0 Å². The molecule has 0 aliphatic carbocycles. The summed E-state index contributed by atoms with van der Waals surface area (Å²) in [5.74, 6) is 1.21. The summed E-state index contributed by atoms with van der Waals surface area (Å²) < 4.78 is 7.50. The van der Waals surface area contributed by atoms with Gasteiger partial charge in [0.25, 0.3) is 0 Å². The fraction of sp³-hybridized carbons (Fsp3) is 0.0588. The first-order valence-electron chi connectivity index (χ1n) is 6.94. The smallest absolute Gasteiger partial charge is 0.180 e. The van der Waals surface area contributed by atoms with Crippen molar-refractivity contribution in [2.45, 2.75) is 0 Å². The molecule has 0 unspecified atom stereocenters. The lowest BCUT2D eigenvalue weighted by Gasteiger charge is -2.10. The van der Waals surface area contributed by atoms with Gasteiger partial charge in [0.2, 0.25) is 0 Å². The number of nitrogen functional groups attached to an aromatic ring is 1. The van der Waals surface area contributed by atoms with E-state index in [9.17, 15) is 0 Å². The molecular weight excluding hydrogens is 276 g/mol. The molecule has 2 heterocycles. The highest BCUT2D eigenvalue weighted by Gasteiger charge is 2.15. The van der Waals surface area contributed by atoms with Crippen molar-refractivity contribution in [3.8, 4) is 17.0 Å². The number of rotatable bonds is 2. The summed E-state index contributed by atoms with van der Waals surface area (Å²) in [4.78, 5) is 8.86. The number of benzene rings is 2. The van der Waals surface area contributed by atoms with Gasteiger partial charge in [0.05, 0.1) is 30.0 Å². The number of imidazole rings is 1. The average molecular weight is 290 g/mol. The van der Waals surface area contributed by atoms with Gasteiger partial charge in [-0.25, -0.2) is 9.97 Å². The third-order valence-corrected chi connectivity index (χ3v) is 3.74. The molecule has 2 N–H and O–H groups in total. The van der Waals surface area contributed by atoms with Crippen LogP contribution in [-0.2, 0) is 0 Å². The van der Waals surface area contributed by atoms with E-state index in [1.54, 1.807) is 13.3 Å². The lowest BCUT2D eigenvalue weighted by Crippen LogP contribution is -2.00. The van der Waals surface area contributed by atoms with Gasteiger partial charge in [0.15, 0.2) is 11.5 Å². The maximum atomic E-state index is 6.06. The largest absolute Gasteiger partial charge is 0.496 e. The number of aromatic nitrogens is 3. The predicted octanol–water partition coefficient (Wildman–Crippen LogP) is 3.14. The van der Waals surface area contributed by atoms with E-state index >= 15 is 0 Å². The fourth-order valence-electron chi connectivity index (χ4n) is 2.75. The van der Waals surface area contributed by atoms with E-state index in [0.717, 1.165) is 28.0 Å². The Morgan fingerprint density at radius 2 is 1.82 bits per heavy atom. The quantitative estimate of drug-likeness (QED) is 0.616. The highest BCUT2D eigenvalue weighted by molar-refractivity contribution is 5.86. The summed E-state index contributed by atoms with van der Waals surface area (Å²) in [7, 11) is 1.66. The van der Waals surface area contributed by atoms with Gasteiger partial charge in [-0.05, 0) is 24.3 Å². The monoisotopic (exact) mass is 290 g/mol. The van der Waals surface area contributed by atoms with E-state index < -0.39 is 0 Å². The van der Waals surface area contributed by atoms with Gasteiger partial charge < -0.3 is 10.5 Å². The van der Waals surface area contributed by atoms with Crippen LogP contribution in [0.5, 0.6) is 5.75 Å². The first-order valence-corrected chi connectivity index (χ1v) is 6.94. The van der Waals surface area contributed by atoms with Gasteiger partial charge in [-0.3, -0.25) is 4.40 Å². The maximum absolute atomic E-state index is 6.06. The molecular formula is C17H14N4O. The minimum Gasteiger partial charge on any atom is -0.496 e. The first-order chi connectivity index (χ1) is 10.8. The van der Waals surface area contributed by atoms with Crippen LogP contribution in [-0.4, -0.2) is 21.5 Å². The zero-order valence-corrected chi connectivity index (χ0v) is 12.0. The minimum absolute atomic E-state index is 0.417. The Kier molecular flexibility index (Phi) is 2.72. The standard InChI is InChI=1S/C17H14N4O/c1-22-15-9-5-2-6-11(15)14-10-19-17-16(18)20-12-7-3-4-8-13(12)21(14)17/h2-10H,1H3,(H2,18,20). The topological polar surface area (TPSA) is 65.4 Å². The van der Waals surface area contributed by atoms with Crippen LogP contribution in [0, 0.1) is 0 Å². The molecule has 2 aromatic carbocycles. The van der Waals surface area contributed by atoms with Gasteiger partial charge in [0.1, 0.15) is 5.75 Å². The number of para-hydroxylation sites is 3. The number of nitrogens with two attached hydrogens (primary N) is 1. The van der Waals surface area contributed by atoms with Crippen molar-refractivity contribution < 1.29 is 4.74 Å². The molecule has 22 heavy (non-hydrogen) atoms. The number of ether oxygens (including phenoxy) is 1. The lowest BCUT2D eigenvalue weighted by atomic mass is 10.1. The molecule has 0 bridgehead atoms. The normalized spacial score (nSPS) is 11.1. The molecule has 0 saturated carbocycles. The van der Waals surface area contributed by atoms with Crippen LogP contribution in [0.15, 0.2) is 54.7 Å². The number of anilines is 1. The molecule has 4 aromatic rings. The summed E-state index contributed by atoms with van der Waals surface area (Å²) in [5, 5.41) is 0. The molecule has 0 aliphatic heterocycles. The van der Waals surface area contributed by atoms with E-state index in [1.165, 1.54) is 0 Å². The predicted molar refractivity (Wildman–Crippen MR) is 86.9 cm³/mol. The SMILES string of the molecule is COc1ccccc1-c1cnc2c(N)nc3ccccc3n12. The molecule has 0 aliphatic rings. The lowest BCUT2D eigenvalue weighted by molar-refractivity contribution is 0.416. The van der Waals surface area contributed by atoms with Gasteiger partial charge >= 0.3 is 0 Å². The zero-order valence-electron chi connectivity index (χ0n) is 12.0. The molecule has 0 radical (unpaired) electrons. The van der Waals surface area contributed by atoms with Gasteiger partial charge in [0, 0.05) is 5.56 Å². The average Bonchev–Trinajstić information content (AvgIpc) is 3.00. The minimum atomic E-state index is 0.417. The van der Waals surface area contributed by atoms with Gasteiger partial charge in [-0.1, -0.05) is 24.3 Å². The molecule has 2 aromatic heterocycles. The van der Waals surface area contributed by atoms with Crippen LogP contribution >= 0.6 is 0 Å². The summed E-state index contributed by atoms with van der Waals surface area (Å²) in [6, 6.07) is 15.7. The molecule has 0 atom stereocenters. The first kappa shape index (κ1) is 12.6. The van der Waals surface area contributed by atoms with Crippen LogP contribution in [0.2, 0.25) is 0 Å². The fourth-order valence-corrected chi connectivity index (χ4v) is 2.75. The highest BCUT2D eigenvalue weighted by Crippen LogP contribution is 2.32. The van der Waals surface area contributed by atoms with Crippen LogP contribution < -0.4 is 10.5 Å². The summed E-state index contributed by atoms with van der Waals surface area (Å²) in [5.41, 5.74) is 10.4. The van der Waals surface area contributed by atoms with E-state index in [0.29, 0.717) is 11.5 Å². The van der Waals surface area contributed by atoms with Crippen LogP contribution in [0.25, 0.3) is 27.9 Å². The van der Waals surface area contributed by atoms with Gasteiger partial charge in [-0.15, -0.1) is 0 Å². The molecule has 5 nitrogen and oxygen atoms in total. The maximum Gasteiger partial charge on any atom is 0.180 e. The molecule has 0 amide bonds. The molecule has 5 heteroatoms. The molecule has 0 fully saturated rings. The third kappa shape index (κ3) is 1.72. The number of nitrogens with zero attached hydrogens (tertiary/aromatic N) is 3. The Labute approximate surface area is 127 Å². The highest BCUT2D eigenvalue weighted by atomic mass is 16.5. The van der Waals surface area contributed by atoms with Crippen molar-refractivity contribution in [1.82, 2.24) is 14.4 Å². The Morgan fingerprint density at radius 3 is 2.68 bits per heavy atom. The van der Waals surface area contributed by atoms with Crippen LogP contribution in [0.3, 0.4) is 0 Å². The Bertz CT molecular complexity index is 990.